The highest BCUT2D eigenvalue weighted by molar-refractivity contribution is 7.18. The van der Waals surface area contributed by atoms with Crippen LogP contribution < -0.4 is 11.2 Å². The first-order valence-electron chi connectivity index (χ1n) is 9.08. The van der Waals surface area contributed by atoms with Gasteiger partial charge in [-0.2, -0.15) is 0 Å². The molecule has 2 aromatic heterocycles. The second kappa shape index (κ2) is 7.15. The average Bonchev–Trinajstić information content (AvgIpc) is 3.01. The summed E-state index contributed by atoms with van der Waals surface area (Å²) in [6.45, 7) is 4.43. The number of thiophene rings is 1. The number of hydrogen-bond donors (Lipinski definition) is 1. The Morgan fingerprint density at radius 2 is 1.93 bits per heavy atom. The van der Waals surface area contributed by atoms with E-state index in [1.54, 1.807) is 16.7 Å². The minimum Gasteiger partial charge on any atom is -0.395 e. The number of nitrogens with zero attached hydrogens (tertiary/aromatic N) is 2. The molecule has 0 saturated heterocycles. The van der Waals surface area contributed by atoms with Crippen molar-refractivity contribution in [3.05, 3.63) is 66.1 Å². The fourth-order valence-electron chi connectivity index (χ4n) is 3.61. The maximum Gasteiger partial charge on any atom is 0.332 e. The van der Waals surface area contributed by atoms with Crippen molar-refractivity contribution >= 4 is 33.2 Å². The number of hydrogen-bond acceptors (Lipinski definition) is 5. The Hall–Kier alpha value is -1.93. The maximum absolute atomic E-state index is 13.1. The number of aliphatic hydroxyl groups is 1. The van der Waals surface area contributed by atoms with Crippen molar-refractivity contribution < 1.29 is 9.84 Å². The second-order valence-electron chi connectivity index (χ2n) is 7.58. The monoisotopic (exact) mass is 420 g/mol. The zero-order chi connectivity index (χ0) is 20.1. The van der Waals surface area contributed by atoms with E-state index in [-0.39, 0.29) is 24.3 Å². The van der Waals surface area contributed by atoms with E-state index in [9.17, 15) is 14.7 Å². The lowest BCUT2D eigenvalue weighted by molar-refractivity contribution is -0.0379. The first kappa shape index (κ1) is 19.4. The number of aromatic nitrogens is 2. The molecular weight excluding hydrogens is 400 g/mol. The molecule has 1 aromatic carbocycles. The summed E-state index contributed by atoms with van der Waals surface area (Å²) in [6, 6.07) is 7.28. The summed E-state index contributed by atoms with van der Waals surface area (Å²) in [6.07, 6.45) is 0.607. The van der Waals surface area contributed by atoms with Crippen LogP contribution in [0.3, 0.4) is 0 Å². The summed E-state index contributed by atoms with van der Waals surface area (Å²) in [5.74, 6) is 0. The number of benzene rings is 1. The summed E-state index contributed by atoms with van der Waals surface area (Å²) >= 11 is 7.41. The van der Waals surface area contributed by atoms with Crippen LogP contribution in [0.25, 0.3) is 10.2 Å². The topological polar surface area (TPSA) is 73.5 Å². The van der Waals surface area contributed by atoms with Crippen LogP contribution in [-0.2, 0) is 30.9 Å². The van der Waals surface area contributed by atoms with Crippen LogP contribution in [0.4, 0.5) is 0 Å². The van der Waals surface area contributed by atoms with E-state index in [0.29, 0.717) is 34.8 Å². The van der Waals surface area contributed by atoms with Gasteiger partial charge in [-0.1, -0.05) is 23.7 Å². The largest absolute Gasteiger partial charge is 0.395 e. The van der Waals surface area contributed by atoms with Crippen molar-refractivity contribution in [2.45, 2.75) is 45.6 Å². The highest BCUT2D eigenvalue weighted by Gasteiger charge is 2.31. The molecule has 0 radical (unpaired) electrons. The van der Waals surface area contributed by atoms with Crippen LogP contribution in [0.15, 0.2) is 33.9 Å². The number of aliphatic hydroxyl groups excluding tert-OH is 1. The summed E-state index contributed by atoms with van der Waals surface area (Å²) in [5, 5.41) is 10.6. The molecule has 28 heavy (non-hydrogen) atoms. The van der Waals surface area contributed by atoms with Gasteiger partial charge >= 0.3 is 5.69 Å². The normalized spacial score (nSPS) is 15.7. The first-order chi connectivity index (χ1) is 13.3. The Morgan fingerprint density at radius 1 is 1.21 bits per heavy atom. The molecule has 0 amide bonds. The predicted molar refractivity (Wildman–Crippen MR) is 111 cm³/mol. The number of ether oxygens (including phenoxy) is 1. The van der Waals surface area contributed by atoms with Gasteiger partial charge in [0.1, 0.15) is 4.83 Å². The van der Waals surface area contributed by atoms with Crippen molar-refractivity contribution in [2.24, 2.45) is 0 Å². The zero-order valence-corrected chi connectivity index (χ0v) is 17.3. The third-order valence-corrected chi connectivity index (χ3v) is 6.49. The molecule has 0 atom stereocenters. The van der Waals surface area contributed by atoms with Gasteiger partial charge in [0.05, 0.1) is 37.3 Å². The molecule has 148 valence electrons. The molecular formula is C20H21ClN2O4S. The Labute approximate surface area is 170 Å². The molecule has 1 aliphatic heterocycles. The SMILES string of the molecule is CC1(C)Cc2c(sc3c2c(=O)n(CCO)c(=O)n3Cc2ccc(Cl)cc2)CO1. The van der Waals surface area contributed by atoms with E-state index in [4.69, 9.17) is 16.3 Å². The molecule has 0 aliphatic carbocycles. The van der Waals surface area contributed by atoms with Crippen LogP contribution in [0.1, 0.15) is 29.9 Å². The minimum absolute atomic E-state index is 0.0290. The number of halogens is 1. The molecule has 8 heteroatoms. The number of fused-ring (bicyclic) bond motifs is 3. The lowest BCUT2D eigenvalue weighted by Crippen LogP contribution is -2.41. The fraction of sp³-hybridized carbons (Fsp3) is 0.400. The Balaban J connectivity index is 1.98. The summed E-state index contributed by atoms with van der Waals surface area (Å²) in [7, 11) is 0. The van der Waals surface area contributed by atoms with Gasteiger partial charge in [0.15, 0.2) is 0 Å². The van der Waals surface area contributed by atoms with E-state index < -0.39 is 5.69 Å². The Kier molecular flexibility index (Phi) is 4.95. The Bertz CT molecular complexity index is 1160. The molecule has 0 spiro atoms. The summed E-state index contributed by atoms with van der Waals surface area (Å²) in [4.78, 5) is 27.8. The number of rotatable bonds is 4. The van der Waals surface area contributed by atoms with E-state index in [1.165, 1.54) is 11.3 Å². The van der Waals surface area contributed by atoms with Crippen molar-refractivity contribution in [1.29, 1.82) is 0 Å². The molecule has 4 rings (SSSR count). The Morgan fingerprint density at radius 3 is 2.61 bits per heavy atom. The zero-order valence-electron chi connectivity index (χ0n) is 15.7. The van der Waals surface area contributed by atoms with E-state index in [0.717, 1.165) is 20.6 Å². The molecule has 0 bridgehead atoms. The molecule has 3 heterocycles. The first-order valence-corrected chi connectivity index (χ1v) is 10.3. The molecule has 0 fully saturated rings. The third kappa shape index (κ3) is 3.33. The summed E-state index contributed by atoms with van der Waals surface area (Å²) < 4.78 is 8.65. The second-order valence-corrected chi connectivity index (χ2v) is 9.10. The predicted octanol–water partition coefficient (Wildman–Crippen LogP) is 2.77. The highest BCUT2D eigenvalue weighted by Crippen LogP contribution is 2.37. The third-order valence-electron chi connectivity index (χ3n) is 5.01. The van der Waals surface area contributed by atoms with Crippen LogP contribution in [0, 0.1) is 0 Å². The van der Waals surface area contributed by atoms with Crippen LogP contribution in [0.2, 0.25) is 5.02 Å². The van der Waals surface area contributed by atoms with E-state index in [2.05, 4.69) is 0 Å². The van der Waals surface area contributed by atoms with Gasteiger partial charge in [0.25, 0.3) is 5.56 Å². The lowest BCUT2D eigenvalue weighted by atomic mass is 9.94. The standard InChI is InChI=1S/C20H21ClN2O4S/c1-20(2)9-14-15(11-27-20)28-18-16(14)17(25)22(7-8-24)19(26)23(18)10-12-3-5-13(21)6-4-12/h3-6,24H,7-11H2,1-2H3. The highest BCUT2D eigenvalue weighted by atomic mass is 35.5. The van der Waals surface area contributed by atoms with Crippen LogP contribution in [0.5, 0.6) is 0 Å². The summed E-state index contributed by atoms with van der Waals surface area (Å²) in [5.41, 5.74) is 0.742. The van der Waals surface area contributed by atoms with Crippen molar-refractivity contribution in [1.82, 2.24) is 9.13 Å². The molecule has 6 nitrogen and oxygen atoms in total. The van der Waals surface area contributed by atoms with E-state index >= 15 is 0 Å². The van der Waals surface area contributed by atoms with E-state index in [1.807, 2.05) is 26.0 Å². The molecule has 0 unspecified atom stereocenters. The minimum atomic E-state index is -0.416. The van der Waals surface area contributed by atoms with Gasteiger partial charge in [-0.25, -0.2) is 4.79 Å². The van der Waals surface area contributed by atoms with Crippen molar-refractivity contribution in [3.63, 3.8) is 0 Å². The molecule has 3 aromatic rings. The van der Waals surface area contributed by atoms with Gasteiger partial charge in [0.2, 0.25) is 0 Å². The molecule has 0 saturated carbocycles. The van der Waals surface area contributed by atoms with Gasteiger partial charge < -0.3 is 9.84 Å². The lowest BCUT2D eigenvalue weighted by Gasteiger charge is -2.29. The average molecular weight is 421 g/mol. The van der Waals surface area contributed by atoms with Gasteiger partial charge in [-0.05, 0) is 37.1 Å². The molecule has 1 N–H and O–H groups in total. The quantitative estimate of drug-likeness (QED) is 0.704. The fourth-order valence-corrected chi connectivity index (χ4v) is 4.95. The van der Waals surface area contributed by atoms with Crippen LogP contribution >= 0.6 is 22.9 Å². The molecule has 1 aliphatic rings. The van der Waals surface area contributed by atoms with Gasteiger partial charge in [0, 0.05) is 16.3 Å². The van der Waals surface area contributed by atoms with Crippen molar-refractivity contribution in [3.8, 4) is 0 Å². The van der Waals surface area contributed by atoms with Gasteiger partial charge in [-0.15, -0.1) is 11.3 Å². The van der Waals surface area contributed by atoms with Crippen molar-refractivity contribution in [2.75, 3.05) is 6.61 Å². The van der Waals surface area contributed by atoms with Crippen LogP contribution in [-0.4, -0.2) is 26.4 Å². The van der Waals surface area contributed by atoms with Gasteiger partial charge in [-0.3, -0.25) is 13.9 Å². The smallest absolute Gasteiger partial charge is 0.332 e. The maximum atomic E-state index is 13.1.